The molecule has 0 radical (unpaired) electrons. The fourth-order valence-corrected chi connectivity index (χ4v) is 2.44. The molecule has 1 N–H and O–H groups in total. The number of hydrogen-bond acceptors (Lipinski definition) is 2. The zero-order valence-electron chi connectivity index (χ0n) is 8.34. The molecule has 0 aromatic carbocycles. The van der Waals surface area contributed by atoms with Gasteiger partial charge in [-0.05, 0) is 25.2 Å². The minimum absolute atomic E-state index is 0.674. The van der Waals surface area contributed by atoms with Gasteiger partial charge < -0.3 is 5.43 Å². The Morgan fingerprint density at radius 1 is 1.00 bits per heavy atom. The maximum atomic E-state index is 4.26. The summed E-state index contributed by atoms with van der Waals surface area (Å²) in [6.07, 6.45) is 13.2. The summed E-state index contributed by atoms with van der Waals surface area (Å²) in [4.78, 5) is 0. The van der Waals surface area contributed by atoms with Crippen molar-refractivity contribution in [1.29, 1.82) is 0 Å². The van der Waals surface area contributed by atoms with Crippen molar-refractivity contribution in [3.63, 3.8) is 0 Å². The third-order valence-electron chi connectivity index (χ3n) is 3.26. The molecule has 2 aliphatic rings. The van der Waals surface area contributed by atoms with Crippen LogP contribution in [0.3, 0.4) is 0 Å². The van der Waals surface area contributed by atoms with Gasteiger partial charge in [0.1, 0.15) is 0 Å². The monoisotopic (exact) mass is 180 g/mol. The summed E-state index contributed by atoms with van der Waals surface area (Å²) in [5, 5.41) is 4.26. The first-order valence-corrected chi connectivity index (χ1v) is 5.74. The molecule has 1 saturated carbocycles. The second-order valence-corrected chi connectivity index (χ2v) is 4.45. The molecule has 0 aromatic rings. The predicted octanol–water partition coefficient (Wildman–Crippen LogP) is 2.69. The molecule has 0 spiro atoms. The summed E-state index contributed by atoms with van der Waals surface area (Å²) >= 11 is 0. The third kappa shape index (κ3) is 2.71. The van der Waals surface area contributed by atoms with Crippen LogP contribution in [0.1, 0.15) is 51.4 Å². The van der Waals surface area contributed by atoms with Crippen molar-refractivity contribution in [2.75, 3.05) is 0 Å². The van der Waals surface area contributed by atoms with Gasteiger partial charge in [0, 0.05) is 12.3 Å². The molecule has 2 heteroatoms. The summed E-state index contributed by atoms with van der Waals surface area (Å²) < 4.78 is 0. The molecule has 2 nitrogen and oxygen atoms in total. The molecule has 0 saturated heterocycles. The Hall–Kier alpha value is -0.530. The van der Waals surface area contributed by atoms with Gasteiger partial charge in [-0.15, -0.1) is 0 Å². The summed E-state index contributed by atoms with van der Waals surface area (Å²) in [5.41, 5.74) is 3.24. The minimum atomic E-state index is 0.674. The van der Waals surface area contributed by atoms with E-state index in [0.29, 0.717) is 6.04 Å². The van der Waals surface area contributed by atoms with Gasteiger partial charge in [0.05, 0.1) is 0 Å². The smallest absolute Gasteiger partial charge is 0.0446 e. The van der Waals surface area contributed by atoms with Crippen molar-refractivity contribution < 1.29 is 0 Å². The van der Waals surface area contributed by atoms with Gasteiger partial charge in [0.15, 0.2) is 0 Å². The van der Waals surface area contributed by atoms with Crippen molar-refractivity contribution in [3.8, 4) is 0 Å². The predicted molar refractivity (Wildman–Crippen MR) is 55.8 cm³/mol. The summed E-state index contributed by atoms with van der Waals surface area (Å²) in [7, 11) is 0. The molecular weight excluding hydrogens is 160 g/mol. The maximum absolute atomic E-state index is 4.26. The van der Waals surface area contributed by atoms with Gasteiger partial charge in [0.25, 0.3) is 0 Å². The zero-order chi connectivity index (χ0) is 8.93. The van der Waals surface area contributed by atoms with Gasteiger partial charge in [-0.3, -0.25) is 0 Å². The largest absolute Gasteiger partial charge is 0.307 e. The van der Waals surface area contributed by atoms with E-state index in [1.54, 1.807) is 0 Å². The van der Waals surface area contributed by atoms with E-state index in [1.165, 1.54) is 51.4 Å². The van der Waals surface area contributed by atoms with Crippen LogP contribution in [0.15, 0.2) is 5.10 Å². The van der Waals surface area contributed by atoms with Crippen molar-refractivity contribution in [1.82, 2.24) is 5.43 Å². The highest BCUT2D eigenvalue weighted by atomic mass is 15.3. The molecule has 1 heterocycles. The lowest BCUT2D eigenvalue weighted by Crippen LogP contribution is -2.32. The first-order chi connectivity index (χ1) is 6.45. The molecule has 74 valence electrons. The number of hydrogen-bond donors (Lipinski definition) is 1. The molecule has 1 aliphatic carbocycles. The second-order valence-electron chi connectivity index (χ2n) is 4.45. The van der Waals surface area contributed by atoms with Crippen molar-refractivity contribution in [2.45, 2.75) is 57.4 Å². The van der Waals surface area contributed by atoms with Crippen molar-refractivity contribution in [2.24, 2.45) is 11.0 Å². The van der Waals surface area contributed by atoms with Gasteiger partial charge >= 0.3 is 0 Å². The van der Waals surface area contributed by atoms with Crippen LogP contribution in [-0.4, -0.2) is 12.3 Å². The van der Waals surface area contributed by atoms with Gasteiger partial charge in [0.2, 0.25) is 0 Å². The lowest BCUT2D eigenvalue weighted by atomic mass is 9.90. The van der Waals surface area contributed by atoms with Crippen LogP contribution in [0, 0.1) is 5.92 Å². The van der Waals surface area contributed by atoms with Gasteiger partial charge in [-0.25, -0.2) is 0 Å². The quantitative estimate of drug-likeness (QED) is 0.609. The Balaban J connectivity index is 1.90. The second kappa shape index (κ2) is 4.64. The SMILES string of the molecule is C1=NNC2CCCCCCCC1C2. The van der Waals surface area contributed by atoms with Gasteiger partial charge in [-0.1, -0.05) is 32.1 Å². The van der Waals surface area contributed by atoms with Crippen molar-refractivity contribution in [3.05, 3.63) is 0 Å². The van der Waals surface area contributed by atoms with E-state index < -0.39 is 0 Å². The highest BCUT2D eigenvalue weighted by molar-refractivity contribution is 5.61. The van der Waals surface area contributed by atoms with E-state index in [9.17, 15) is 0 Å². The van der Waals surface area contributed by atoms with Crippen LogP contribution in [-0.2, 0) is 0 Å². The van der Waals surface area contributed by atoms with Crippen LogP contribution in [0.2, 0.25) is 0 Å². The fourth-order valence-electron chi connectivity index (χ4n) is 2.44. The Morgan fingerprint density at radius 2 is 1.77 bits per heavy atom. The molecular formula is C11H20N2. The molecule has 2 bridgehead atoms. The van der Waals surface area contributed by atoms with E-state index in [2.05, 4.69) is 16.7 Å². The van der Waals surface area contributed by atoms with Gasteiger partial charge in [-0.2, -0.15) is 5.10 Å². The summed E-state index contributed by atoms with van der Waals surface area (Å²) in [6.45, 7) is 0. The maximum Gasteiger partial charge on any atom is 0.0446 e. The van der Waals surface area contributed by atoms with E-state index in [0.717, 1.165) is 5.92 Å². The van der Waals surface area contributed by atoms with Crippen LogP contribution >= 0.6 is 0 Å². The molecule has 13 heavy (non-hydrogen) atoms. The average Bonchev–Trinajstić information content (AvgIpc) is 2.17. The molecule has 0 aromatic heterocycles. The lowest BCUT2D eigenvalue weighted by molar-refractivity contribution is 0.359. The number of nitrogens with zero attached hydrogens (tertiary/aromatic N) is 1. The third-order valence-corrected chi connectivity index (χ3v) is 3.26. The van der Waals surface area contributed by atoms with Crippen LogP contribution < -0.4 is 5.43 Å². The van der Waals surface area contributed by atoms with E-state index in [-0.39, 0.29) is 0 Å². The lowest BCUT2D eigenvalue weighted by Gasteiger charge is -2.26. The minimum Gasteiger partial charge on any atom is -0.307 e. The number of hydrazone groups is 1. The highest BCUT2D eigenvalue weighted by Crippen LogP contribution is 2.22. The van der Waals surface area contributed by atoms with Crippen molar-refractivity contribution >= 4 is 6.21 Å². The van der Waals surface area contributed by atoms with Crippen LogP contribution in [0.4, 0.5) is 0 Å². The summed E-state index contributed by atoms with van der Waals surface area (Å²) in [6, 6.07) is 0.674. The molecule has 1 aliphatic heterocycles. The van der Waals surface area contributed by atoms with E-state index in [1.807, 2.05) is 0 Å². The van der Waals surface area contributed by atoms with Crippen LogP contribution in [0.25, 0.3) is 0 Å². The topological polar surface area (TPSA) is 24.4 Å². The number of fused-ring (bicyclic) bond motifs is 2. The first kappa shape index (κ1) is 9.04. The van der Waals surface area contributed by atoms with E-state index in [4.69, 9.17) is 0 Å². The number of nitrogens with one attached hydrogen (secondary N) is 1. The number of rotatable bonds is 0. The summed E-state index contributed by atoms with van der Waals surface area (Å²) in [5.74, 6) is 0.768. The molecule has 0 amide bonds. The molecule has 1 fully saturated rings. The van der Waals surface area contributed by atoms with Crippen LogP contribution in [0.5, 0.6) is 0 Å². The Labute approximate surface area is 80.8 Å². The fraction of sp³-hybridized carbons (Fsp3) is 0.909. The Bertz CT molecular complexity index is 177. The zero-order valence-corrected chi connectivity index (χ0v) is 8.34. The standard InChI is InChI=1S/C11H20N2/c1-2-4-6-10-8-11(7-5-3-1)13-12-9-10/h9-11,13H,1-8H2. The molecule has 2 rings (SSSR count). The average molecular weight is 180 g/mol. The van der Waals surface area contributed by atoms with E-state index >= 15 is 0 Å². The Morgan fingerprint density at radius 3 is 2.69 bits per heavy atom. The highest BCUT2D eigenvalue weighted by Gasteiger charge is 2.18. The molecule has 2 unspecified atom stereocenters. The normalized spacial score (nSPS) is 35.1. The Kier molecular flexibility index (Phi) is 3.22. The first-order valence-electron chi connectivity index (χ1n) is 5.74. The molecule has 2 atom stereocenters.